The van der Waals surface area contributed by atoms with Crippen molar-refractivity contribution in [3.8, 4) is 0 Å². The molecule has 6 heteroatoms. The molecule has 2 N–H and O–H groups in total. The van der Waals surface area contributed by atoms with Gasteiger partial charge in [-0.15, -0.1) is 11.3 Å². The normalized spacial score (nSPS) is 12.9. The number of hydrogen-bond donors (Lipinski definition) is 1. The number of halogens is 1. The first kappa shape index (κ1) is 13.2. The third-order valence-corrected chi connectivity index (χ3v) is 5.64. The second-order valence-electron chi connectivity index (χ2n) is 3.93. The first-order chi connectivity index (χ1) is 9.26. The van der Waals surface area contributed by atoms with Gasteiger partial charge in [0.15, 0.2) is 5.58 Å². The van der Waals surface area contributed by atoms with E-state index < -0.39 is 0 Å². The molecule has 2 heterocycles. The quantitative estimate of drug-likeness (QED) is 0.703. The van der Waals surface area contributed by atoms with Crippen LogP contribution in [0.25, 0.3) is 11.1 Å². The van der Waals surface area contributed by atoms with Gasteiger partial charge in [0.05, 0.1) is 9.04 Å². The Morgan fingerprint density at radius 2 is 2.16 bits per heavy atom. The Bertz CT molecular complexity index is 662. The molecule has 98 valence electrons. The molecular weight excluding hydrogens is 344 g/mol. The molecule has 0 radical (unpaired) electrons. The van der Waals surface area contributed by atoms with E-state index in [-0.39, 0.29) is 5.25 Å². The molecule has 0 aliphatic carbocycles. The molecular formula is C13H11BrN2OS2. The van der Waals surface area contributed by atoms with Crippen LogP contribution in [0.4, 0.5) is 0 Å². The number of thioether (sulfide) groups is 1. The van der Waals surface area contributed by atoms with Crippen molar-refractivity contribution in [2.75, 3.05) is 6.54 Å². The van der Waals surface area contributed by atoms with Gasteiger partial charge in [0.2, 0.25) is 0 Å². The topological polar surface area (TPSA) is 52.0 Å². The smallest absolute Gasteiger partial charge is 0.257 e. The summed E-state index contributed by atoms with van der Waals surface area (Å²) in [4.78, 5) is 5.69. The second-order valence-corrected chi connectivity index (χ2v) is 7.58. The molecule has 0 saturated carbocycles. The Hall–Kier alpha value is -0.820. The summed E-state index contributed by atoms with van der Waals surface area (Å²) >= 11 is 6.73. The van der Waals surface area contributed by atoms with Gasteiger partial charge in [-0.3, -0.25) is 0 Å². The molecule has 1 unspecified atom stereocenters. The summed E-state index contributed by atoms with van der Waals surface area (Å²) in [5.41, 5.74) is 7.55. The van der Waals surface area contributed by atoms with E-state index >= 15 is 0 Å². The second kappa shape index (κ2) is 5.66. The number of nitrogens with zero attached hydrogens (tertiary/aromatic N) is 1. The van der Waals surface area contributed by atoms with Gasteiger partial charge in [-0.1, -0.05) is 23.9 Å². The number of rotatable bonds is 4. The molecule has 0 aliphatic rings. The van der Waals surface area contributed by atoms with Gasteiger partial charge in [0.1, 0.15) is 5.52 Å². The van der Waals surface area contributed by atoms with Crippen molar-refractivity contribution in [2.45, 2.75) is 10.5 Å². The average molecular weight is 355 g/mol. The van der Waals surface area contributed by atoms with Crippen LogP contribution >= 0.6 is 39.0 Å². The molecule has 0 aliphatic heterocycles. The molecule has 0 saturated heterocycles. The fraction of sp³-hybridized carbons (Fsp3) is 0.154. The predicted molar refractivity (Wildman–Crippen MR) is 83.7 cm³/mol. The summed E-state index contributed by atoms with van der Waals surface area (Å²) in [6.07, 6.45) is 0. The lowest BCUT2D eigenvalue weighted by molar-refractivity contribution is 0.488. The minimum atomic E-state index is 0.171. The molecule has 3 nitrogen and oxygen atoms in total. The van der Waals surface area contributed by atoms with Crippen LogP contribution in [0.3, 0.4) is 0 Å². The summed E-state index contributed by atoms with van der Waals surface area (Å²) in [5.74, 6) is 0. The fourth-order valence-corrected chi connectivity index (χ4v) is 4.28. The van der Waals surface area contributed by atoms with E-state index in [2.05, 4.69) is 27.0 Å². The highest BCUT2D eigenvalue weighted by Gasteiger charge is 2.17. The van der Waals surface area contributed by atoms with Crippen LogP contribution in [-0.4, -0.2) is 11.5 Å². The van der Waals surface area contributed by atoms with Crippen molar-refractivity contribution in [3.05, 3.63) is 45.1 Å². The van der Waals surface area contributed by atoms with Crippen LogP contribution in [0.5, 0.6) is 0 Å². The van der Waals surface area contributed by atoms with Crippen LogP contribution in [0, 0.1) is 0 Å². The highest BCUT2D eigenvalue weighted by molar-refractivity contribution is 9.11. The number of hydrogen-bond acceptors (Lipinski definition) is 5. The number of para-hydroxylation sites is 2. The summed E-state index contributed by atoms with van der Waals surface area (Å²) in [5, 5.41) is 0.838. The summed E-state index contributed by atoms with van der Waals surface area (Å²) < 4.78 is 6.83. The van der Waals surface area contributed by atoms with Crippen molar-refractivity contribution < 1.29 is 4.42 Å². The first-order valence-electron chi connectivity index (χ1n) is 5.74. The van der Waals surface area contributed by atoms with Crippen LogP contribution in [-0.2, 0) is 0 Å². The molecule has 19 heavy (non-hydrogen) atoms. The van der Waals surface area contributed by atoms with Crippen LogP contribution in [0.2, 0.25) is 0 Å². The third-order valence-electron chi connectivity index (χ3n) is 2.64. The molecule has 2 aromatic heterocycles. The Kier molecular flexibility index (Phi) is 3.93. The van der Waals surface area contributed by atoms with E-state index in [1.165, 1.54) is 4.88 Å². The minimum Gasteiger partial charge on any atom is -0.431 e. The van der Waals surface area contributed by atoms with Gasteiger partial charge in [-0.2, -0.15) is 0 Å². The zero-order valence-electron chi connectivity index (χ0n) is 9.88. The number of oxazole rings is 1. The average Bonchev–Trinajstić information content (AvgIpc) is 3.01. The highest BCUT2D eigenvalue weighted by atomic mass is 79.9. The Labute approximate surface area is 127 Å². The maximum atomic E-state index is 5.86. The van der Waals surface area contributed by atoms with Gasteiger partial charge in [-0.25, -0.2) is 4.98 Å². The number of aromatic nitrogens is 1. The zero-order chi connectivity index (χ0) is 13.2. The highest BCUT2D eigenvalue weighted by Crippen LogP contribution is 2.39. The number of nitrogens with two attached hydrogens (primary N) is 1. The lowest BCUT2D eigenvalue weighted by atomic mass is 10.3. The van der Waals surface area contributed by atoms with Crippen LogP contribution < -0.4 is 5.73 Å². The van der Waals surface area contributed by atoms with E-state index in [9.17, 15) is 0 Å². The number of fused-ring (bicyclic) bond motifs is 1. The number of benzene rings is 1. The van der Waals surface area contributed by atoms with Gasteiger partial charge in [0, 0.05) is 11.4 Å². The van der Waals surface area contributed by atoms with Crippen molar-refractivity contribution >= 4 is 50.1 Å². The van der Waals surface area contributed by atoms with Gasteiger partial charge in [0.25, 0.3) is 5.22 Å². The third kappa shape index (κ3) is 2.86. The fourth-order valence-electron chi connectivity index (χ4n) is 1.75. The standard InChI is InChI=1S/C13H11BrN2OS2/c14-12-6-5-10(18-12)11(7-15)19-13-16-8-3-1-2-4-9(8)17-13/h1-6,11H,7,15H2. The SMILES string of the molecule is NCC(Sc1nc2ccccc2o1)c1ccc(Br)s1. The van der Waals surface area contributed by atoms with E-state index in [4.69, 9.17) is 10.2 Å². The van der Waals surface area contributed by atoms with Crippen molar-refractivity contribution in [1.29, 1.82) is 0 Å². The summed E-state index contributed by atoms with van der Waals surface area (Å²) in [6.45, 7) is 0.552. The van der Waals surface area contributed by atoms with Crippen molar-refractivity contribution in [1.82, 2.24) is 4.98 Å². The van der Waals surface area contributed by atoms with Crippen molar-refractivity contribution in [2.24, 2.45) is 5.73 Å². The largest absolute Gasteiger partial charge is 0.431 e. The molecule has 0 bridgehead atoms. The summed E-state index contributed by atoms with van der Waals surface area (Å²) in [7, 11) is 0. The van der Waals surface area contributed by atoms with Gasteiger partial charge in [-0.05, 0) is 40.2 Å². The van der Waals surface area contributed by atoms with E-state index in [0.717, 1.165) is 14.9 Å². The lowest BCUT2D eigenvalue weighted by Crippen LogP contribution is -2.07. The maximum absolute atomic E-state index is 5.86. The Morgan fingerprint density at radius 3 is 2.84 bits per heavy atom. The molecule has 0 spiro atoms. The maximum Gasteiger partial charge on any atom is 0.257 e. The minimum absolute atomic E-state index is 0.171. The van der Waals surface area contributed by atoms with Crippen LogP contribution in [0.15, 0.2) is 49.8 Å². The van der Waals surface area contributed by atoms with E-state index in [1.807, 2.05) is 30.3 Å². The van der Waals surface area contributed by atoms with E-state index in [0.29, 0.717) is 11.8 Å². The Morgan fingerprint density at radius 1 is 1.32 bits per heavy atom. The molecule has 3 aromatic rings. The number of thiophene rings is 1. The zero-order valence-corrected chi connectivity index (χ0v) is 13.1. The van der Waals surface area contributed by atoms with Crippen molar-refractivity contribution in [3.63, 3.8) is 0 Å². The first-order valence-corrected chi connectivity index (χ1v) is 8.22. The van der Waals surface area contributed by atoms with Gasteiger partial charge >= 0.3 is 0 Å². The van der Waals surface area contributed by atoms with Crippen LogP contribution in [0.1, 0.15) is 10.1 Å². The predicted octanol–water partition coefficient (Wildman–Crippen LogP) is 4.44. The lowest BCUT2D eigenvalue weighted by Gasteiger charge is -2.08. The molecule has 1 aromatic carbocycles. The van der Waals surface area contributed by atoms with E-state index in [1.54, 1.807) is 23.1 Å². The monoisotopic (exact) mass is 354 g/mol. The Balaban J connectivity index is 1.86. The van der Waals surface area contributed by atoms with Gasteiger partial charge < -0.3 is 10.2 Å². The molecule has 0 fully saturated rings. The molecule has 1 atom stereocenters. The molecule has 3 rings (SSSR count). The molecule has 0 amide bonds. The summed E-state index contributed by atoms with van der Waals surface area (Å²) in [6, 6.07) is 11.9.